The fraction of sp³-hybridized carbons (Fsp3) is 0.176. The Hall–Kier alpha value is -1.77. The van der Waals surface area contributed by atoms with E-state index in [-0.39, 0.29) is 11.7 Å². The Labute approximate surface area is 161 Å². The Morgan fingerprint density at radius 3 is 2.72 bits per heavy atom. The molecule has 0 aliphatic rings. The second kappa shape index (κ2) is 8.07. The van der Waals surface area contributed by atoms with Gasteiger partial charge in [0, 0.05) is 20.3 Å². The number of imide groups is 1. The van der Waals surface area contributed by atoms with Crippen molar-refractivity contribution in [2.24, 2.45) is 0 Å². The van der Waals surface area contributed by atoms with Crippen molar-refractivity contribution in [2.75, 3.05) is 5.75 Å². The molecule has 5 nitrogen and oxygen atoms in total. The summed E-state index contributed by atoms with van der Waals surface area (Å²) in [6.45, 7) is 2.09. The Balaban J connectivity index is 1.63. The van der Waals surface area contributed by atoms with Gasteiger partial charge in [-0.3, -0.25) is 14.9 Å². The van der Waals surface area contributed by atoms with Gasteiger partial charge in [0.2, 0.25) is 5.91 Å². The second-order valence-corrected chi connectivity index (χ2v) is 8.13. The van der Waals surface area contributed by atoms with Crippen LogP contribution in [0.15, 0.2) is 46.2 Å². The molecule has 0 saturated heterocycles. The quantitative estimate of drug-likeness (QED) is 0.483. The molecule has 1 N–H and O–H groups in total. The van der Waals surface area contributed by atoms with Crippen LogP contribution in [0.25, 0.3) is 10.2 Å². The molecule has 0 atom stereocenters. The lowest BCUT2D eigenvalue weighted by Crippen LogP contribution is -2.31. The number of carbonyl (C=O) groups excluding carboxylic acids is 2. The number of rotatable bonds is 5. The molecular weight excluding hydrogens is 422 g/mol. The lowest BCUT2D eigenvalue weighted by atomic mass is 10.2. The number of nitrogens with one attached hydrogen (secondary N) is 1. The number of benzene rings is 1. The minimum Gasteiger partial charge on any atom is -0.292 e. The number of carbonyl (C=O) groups is 2. The highest BCUT2D eigenvalue weighted by Crippen LogP contribution is 2.30. The number of nitrogens with zero attached hydrogens (tertiary/aromatic N) is 2. The summed E-state index contributed by atoms with van der Waals surface area (Å²) in [5.41, 5.74) is 0.441. The third kappa shape index (κ3) is 4.45. The van der Waals surface area contributed by atoms with Gasteiger partial charge >= 0.3 is 0 Å². The Morgan fingerprint density at radius 2 is 2.00 bits per heavy atom. The monoisotopic (exact) mass is 435 g/mol. The van der Waals surface area contributed by atoms with E-state index in [9.17, 15) is 9.59 Å². The highest BCUT2D eigenvalue weighted by Gasteiger charge is 2.13. The van der Waals surface area contributed by atoms with E-state index in [2.05, 4.69) is 44.2 Å². The summed E-state index contributed by atoms with van der Waals surface area (Å²) in [6.07, 6.45) is 2.44. The van der Waals surface area contributed by atoms with E-state index in [0.29, 0.717) is 5.56 Å². The summed E-state index contributed by atoms with van der Waals surface area (Å²) in [6, 6.07) is 8.89. The van der Waals surface area contributed by atoms with Crippen molar-refractivity contribution in [1.82, 2.24) is 15.3 Å². The lowest BCUT2D eigenvalue weighted by Gasteiger charge is -2.04. The van der Waals surface area contributed by atoms with Crippen molar-refractivity contribution < 1.29 is 9.59 Å². The molecule has 0 fully saturated rings. The van der Waals surface area contributed by atoms with Gasteiger partial charge in [0.15, 0.2) is 0 Å². The van der Waals surface area contributed by atoms with Crippen LogP contribution in [-0.4, -0.2) is 27.5 Å². The summed E-state index contributed by atoms with van der Waals surface area (Å²) in [5, 5.41) is 4.11. The van der Waals surface area contributed by atoms with Gasteiger partial charge in [0.25, 0.3) is 5.91 Å². The van der Waals surface area contributed by atoms with Crippen LogP contribution < -0.4 is 5.32 Å². The summed E-state index contributed by atoms with van der Waals surface area (Å²) < 4.78 is 0.876. The van der Waals surface area contributed by atoms with Crippen LogP contribution in [0.2, 0.25) is 0 Å². The van der Waals surface area contributed by atoms with Gasteiger partial charge in [0.05, 0.1) is 5.75 Å². The van der Waals surface area contributed by atoms with Gasteiger partial charge in [-0.15, -0.1) is 11.3 Å². The molecule has 3 rings (SSSR count). The van der Waals surface area contributed by atoms with Crippen LogP contribution in [0.3, 0.4) is 0 Å². The van der Waals surface area contributed by atoms with Crippen LogP contribution >= 0.6 is 39.0 Å². The number of amides is 2. The predicted molar refractivity (Wildman–Crippen MR) is 104 cm³/mol. The van der Waals surface area contributed by atoms with E-state index >= 15 is 0 Å². The van der Waals surface area contributed by atoms with Crippen molar-refractivity contribution in [2.45, 2.75) is 18.4 Å². The predicted octanol–water partition coefficient (Wildman–Crippen LogP) is 4.06. The minimum absolute atomic E-state index is 0.117. The minimum atomic E-state index is -0.408. The first-order chi connectivity index (χ1) is 12.1. The van der Waals surface area contributed by atoms with Crippen molar-refractivity contribution >= 4 is 61.1 Å². The van der Waals surface area contributed by atoms with E-state index in [4.69, 9.17) is 0 Å². The van der Waals surface area contributed by atoms with E-state index in [1.165, 1.54) is 23.0 Å². The largest absolute Gasteiger partial charge is 0.292 e. The summed E-state index contributed by atoms with van der Waals surface area (Å²) in [5.74, 6) is -0.642. The number of hydrogen-bond acceptors (Lipinski definition) is 6. The molecule has 8 heteroatoms. The van der Waals surface area contributed by atoms with Crippen LogP contribution in [0.4, 0.5) is 0 Å². The SMILES string of the molecule is CCc1cc2c(SCC(=O)NC(=O)c3ccc(Br)cc3)ncnc2s1. The zero-order chi connectivity index (χ0) is 17.8. The maximum Gasteiger partial charge on any atom is 0.257 e. The van der Waals surface area contributed by atoms with E-state index in [1.54, 1.807) is 35.6 Å². The fourth-order valence-corrected chi connectivity index (χ4v) is 4.18. The van der Waals surface area contributed by atoms with Crippen molar-refractivity contribution in [1.29, 1.82) is 0 Å². The average Bonchev–Trinajstić information content (AvgIpc) is 3.04. The maximum atomic E-state index is 12.1. The first kappa shape index (κ1) is 18.0. The van der Waals surface area contributed by atoms with Crippen LogP contribution in [-0.2, 0) is 11.2 Å². The molecule has 0 bridgehead atoms. The number of hydrogen-bond donors (Lipinski definition) is 1. The summed E-state index contributed by atoms with van der Waals surface area (Å²) in [4.78, 5) is 34.8. The second-order valence-electron chi connectivity index (χ2n) is 5.14. The molecule has 0 aliphatic heterocycles. The summed E-state index contributed by atoms with van der Waals surface area (Å²) >= 11 is 6.25. The first-order valence-corrected chi connectivity index (χ1v) is 10.1. The number of aromatic nitrogens is 2. The average molecular weight is 436 g/mol. The third-order valence-electron chi connectivity index (χ3n) is 3.39. The van der Waals surface area contributed by atoms with Gasteiger partial charge in [0.1, 0.15) is 16.2 Å². The summed E-state index contributed by atoms with van der Waals surface area (Å²) in [7, 11) is 0. The number of thiophene rings is 1. The highest BCUT2D eigenvalue weighted by molar-refractivity contribution is 9.10. The van der Waals surface area contributed by atoms with E-state index < -0.39 is 5.91 Å². The van der Waals surface area contributed by atoms with Crippen molar-refractivity contribution in [3.8, 4) is 0 Å². The third-order valence-corrected chi connectivity index (χ3v) is 6.11. The molecule has 0 aliphatic carbocycles. The topological polar surface area (TPSA) is 72.0 Å². The van der Waals surface area contributed by atoms with E-state index in [1.807, 2.05) is 0 Å². The van der Waals surface area contributed by atoms with Gasteiger partial charge in [-0.2, -0.15) is 0 Å². The van der Waals surface area contributed by atoms with Gasteiger partial charge in [-0.25, -0.2) is 9.97 Å². The Kier molecular flexibility index (Phi) is 5.82. The number of fused-ring (bicyclic) bond motifs is 1. The Morgan fingerprint density at radius 1 is 1.24 bits per heavy atom. The fourth-order valence-electron chi connectivity index (χ4n) is 2.14. The standard InChI is InChI=1S/C17H14BrN3O2S2/c1-2-12-7-13-16(19-9-20-17(13)25-12)24-8-14(22)21-15(23)10-3-5-11(18)6-4-10/h3-7,9H,2,8H2,1H3,(H,21,22,23). The molecule has 0 saturated carbocycles. The molecule has 1 aromatic carbocycles. The molecular formula is C17H14BrN3O2S2. The van der Waals surface area contributed by atoms with Gasteiger partial charge < -0.3 is 0 Å². The number of halogens is 1. The van der Waals surface area contributed by atoms with Crippen LogP contribution in [0.5, 0.6) is 0 Å². The molecule has 0 radical (unpaired) electrons. The number of thioether (sulfide) groups is 1. The molecule has 25 heavy (non-hydrogen) atoms. The maximum absolute atomic E-state index is 12.1. The lowest BCUT2D eigenvalue weighted by molar-refractivity contribution is -0.117. The zero-order valence-electron chi connectivity index (χ0n) is 13.3. The highest BCUT2D eigenvalue weighted by atomic mass is 79.9. The van der Waals surface area contributed by atoms with Gasteiger partial charge in [-0.1, -0.05) is 34.6 Å². The normalized spacial score (nSPS) is 10.8. The molecule has 0 spiro atoms. The molecule has 2 amide bonds. The number of aryl methyl sites for hydroxylation is 1. The van der Waals surface area contributed by atoms with Crippen molar-refractivity contribution in [3.63, 3.8) is 0 Å². The molecule has 0 unspecified atom stereocenters. The molecule has 128 valence electrons. The Bertz CT molecular complexity index is 925. The molecule has 2 heterocycles. The molecule has 2 aromatic heterocycles. The van der Waals surface area contributed by atoms with Crippen LogP contribution in [0, 0.1) is 0 Å². The molecule has 3 aromatic rings. The van der Waals surface area contributed by atoms with Gasteiger partial charge in [-0.05, 0) is 36.8 Å². The van der Waals surface area contributed by atoms with E-state index in [0.717, 1.165) is 26.1 Å². The zero-order valence-corrected chi connectivity index (χ0v) is 16.5. The van der Waals surface area contributed by atoms with Crippen LogP contribution in [0.1, 0.15) is 22.2 Å². The van der Waals surface area contributed by atoms with Crippen molar-refractivity contribution in [3.05, 3.63) is 51.6 Å². The first-order valence-electron chi connectivity index (χ1n) is 7.52. The smallest absolute Gasteiger partial charge is 0.257 e.